The van der Waals surface area contributed by atoms with Gasteiger partial charge in [0.25, 0.3) is 5.91 Å². The molecule has 1 heterocycles. The molecule has 0 spiro atoms. The quantitative estimate of drug-likeness (QED) is 0.188. The molecule has 6 nitrogen and oxygen atoms in total. The van der Waals surface area contributed by atoms with Crippen molar-refractivity contribution in [3.63, 3.8) is 0 Å². The smallest absolute Gasteiger partial charge is 0.328 e. The Hall–Kier alpha value is -4.62. The Morgan fingerprint density at radius 2 is 1.56 bits per heavy atom. The number of halogens is 2. The van der Waals surface area contributed by atoms with Crippen LogP contribution in [0, 0.1) is 12.7 Å². The van der Waals surface area contributed by atoms with Crippen molar-refractivity contribution in [3.8, 4) is 16.9 Å². The number of amides is 1. The number of hydrogen-bond donors (Lipinski definition) is 1. The summed E-state index contributed by atoms with van der Waals surface area (Å²) in [5, 5.41) is 4.22. The van der Waals surface area contributed by atoms with Crippen LogP contribution < -0.4 is 10.1 Å². The minimum Gasteiger partial charge on any atom is -0.489 e. The number of furan rings is 1. The van der Waals surface area contributed by atoms with Crippen molar-refractivity contribution >= 4 is 34.4 Å². The van der Waals surface area contributed by atoms with E-state index in [2.05, 4.69) is 5.32 Å². The number of rotatable bonds is 9. The topological polar surface area (TPSA) is 77.8 Å². The third-order valence-electron chi connectivity index (χ3n) is 6.79. The maximum Gasteiger partial charge on any atom is 0.328 e. The van der Waals surface area contributed by atoms with E-state index in [0.29, 0.717) is 28.5 Å². The summed E-state index contributed by atoms with van der Waals surface area (Å²) in [6, 6.07) is 25.5. The van der Waals surface area contributed by atoms with Crippen molar-refractivity contribution in [2.24, 2.45) is 0 Å². The maximum absolute atomic E-state index is 13.3. The fourth-order valence-electron chi connectivity index (χ4n) is 4.53. The van der Waals surface area contributed by atoms with Crippen molar-refractivity contribution < 1.29 is 27.9 Å². The molecule has 5 rings (SSSR count). The number of benzene rings is 4. The molecule has 5 aromatic rings. The van der Waals surface area contributed by atoms with Gasteiger partial charge in [-0.1, -0.05) is 60.1 Å². The highest BCUT2D eigenvalue weighted by Crippen LogP contribution is 2.31. The molecule has 0 fully saturated rings. The lowest BCUT2D eigenvalue weighted by Crippen LogP contribution is -2.43. The lowest BCUT2D eigenvalue weighted by Gasteiger charge is -2.16. The second-order valence-electron chi connectivity index (χ2n) is 9.59. The van der Waals surface area contributed by atoms with Crippen LogP contribution in [0.1, 0.15) is 27.2 Å². The summed E-state index contributed by atoms with van der Waals surface area (Å²) in [6.45, 7) is 2.10. The molecule has 1 N–H and O–H groups in total. The van der Waals surface area contributed by atoms with E-state index in [1.807, 2.05) is 54.6 Å². The largest absolute Gasteiger partial charge is 0.489 e. The van der Waals surface area contributed by atoms with Crippen molar-refractivity contribution in [3.05, 3.63) is 124 Å². The minimum atomic E-state index is -0.935. The average Bonchev–Trinajstić information content (AvgIpc) is 3.32. The van der Waals surface area contributed by atoms with Gasteiger partial charge in [0.15, 0.2) is 5.76 Å². The number of hydrogen-bond acceptors (Lipinski definition) is 5. The van der Waals surface area contributed by atoms with Crippen LogP contribution in [-0.4, -0.2) is 25.0 Å². The number of fused-ring (bicyclic) bond motifs is 1. The zero-order valence-corrected chi connectivity index (χ0v) is 23.2. The number of ether oxygens (including phenoxy) is 2. The number of nitrogens with one attached hydrogen (secondary N) is 1. The number of aryl methyl sites for hydroxylation is 1. The Balaban J connectivity index is 1.28. The number of carbonyl (C=O) groups excluding carboxylic acids is 2. The van der Waals surface area contributed by atoms with Gasteiger partial charge in [-0.05, 0) is 71.6 Å². The van der Waals surface area contributed by atoms with Crippen LogP contribution in [0.3, 0.4) is 0 Å². The fraction of sp³-hybridized carbons (Fsp3) is 0.152. The van der Waals surface area contributed by atoms with E-state index in [4.69, 9.17) is 25.5 Å². The first-order valence-corrected chi connectivity index (χ1v) is 13.3. The van der Waals surface area contributed by atoms with Gasteiger partial charge in [-0.3, -0.25) is 4.79 Å². The second-order valence-corrected chi connectivity index (χ2v) is 10.0. The lowest BCUT2D eigenvalue weighted by atomic mass is 10.0. The summed E-state index contributed by atoms with van der Waals surface area (Å²) < 4.78 is 29.8. The van der Waals surface area contributed by atoms with Gasteiger partial charge < -0.3 is 19.2 Å². The molecular formula is C33H27ClFNO5. The van der Waals surface area contributed by atoms with E-state index >= 15 is 0 Å². The Morgan fingerprint density at radius 1 is 0.902 bits per heavy atom. The molecule has 0 aliphatic heterocycles. The zero-order chi connectivity index (χ0) is 28.9. The lowest BCUT2D eigenvalue weighted by molar-refractivity contribution is -0.142. The van der Waals surface area contributed by atoms with Gasteiger partial charge in [-0.15, -0.1) is 0 Å². The molecule has 0 radical (unpaired) electrons. The maximum atomic E-state index is 13.3. The van der Waals surface area contributed by atoms with Gasteiger partial charge in [0.05, 0.1) is 7.11 Å². The summed E-state index contributed by atoms with van der Waals surface area (Å²) in [7, 11) is 1.28. The van der Waals surface area contributed by atoms with Gasteiger partial charge in [0.2, 0.25) is 0 Å². The summed E-state index contributed by atoms with van der Waals surface area (Å²) >= 11 is 6.01. The van der Waals surface area contributed by atoms with Crippen LogP contribution in [0.25, 0.3) is 22.1 Å². The van der Waals surface area contributed by atoms with E-state index in [0.717, 1.165) is 27.6 Å². The first-order valence-electron chi connectivity index (χ1n) is 12.9. The van der Waals surface area contributed by atoms with Gasteiger partial charge in [0.1, 0.15) is 29.8 Å². The predicted octanol–water partition coefficient (Wildman–Crippen LogP) is 7.29. The van der Waals surface area contributed by atoms with Gasteiger partial charge >= 0.3 is 5.97 Å². The molecule has 0 saturated heterocycles. The van der Waals surface area contributed by atoms with Gasteiger partial charge in [0, 0.05) is 22.4 Å². The fourth-order valence-corrected chi connectivity index (χ4v) is 4.65. The third-order valence-corrected chi connectivity index (χ3v) is 7.05. The van der Waals surface area contributed by atoms with Crippen LogP contribution in [0.4, 0.5) is 4.39 Å². The van der Waals surface area contributed by atoms with Crippen LogP contribution in [0.5, 0.6) is 5.75 Å². The minimum absolute atomic E-state index is 0.131. The van der Waals surface area contributed by atoms with E-state index in [1.54, 1.807) is 31.2 Å². The van der Waals surface area contributed by atoms with Crippen molar-refractivity contribution in [2.75, 3.05) is 7.11 Å². The van der Waals surface area contributed by atoms with E-state index in [9.17, 15) is 14.0 Å². The van der Waals surface area contributed by atoms with Crippen LogP contribution in [0.2, 0.25) is 5.02 Å². The molecule has 41 heavy (non-hydrogen) atoms. The summed E-state index contributed by atoms with van der Waals surface area (Å²) in [5.41, 5.74) is 4.76. The first-order chi connectivity index (χ1) is 19.8. The highest BCUT2D eigenvalue weighted by atomic mass is 35.5. The molecule has 0 saturated carbocycles. The highest BCUT2D eigenvalue weighted by Gasteiger charge is 2.26. The molecule has 1 aromatic heterocycles. The molecule has 1 amide bonds. The second kappa shape index (κ2) is 12.3. The van der Waals surface area contributed by atoms with Crippen molar-refractivity contribution in [1.29, 1.82) is 0 Å². The number of methoxy groups -OCH3 is 1. The Morgan fingerprint density at radius 3 is 2.24 bits per heavy atom. The van der Waals surface area contributed by atoms with E-state index < -0.39 is 17.9 Å². The molecule has 0 aliphatic rings. The van der Waals surface area contributed by atoms with Crippen LogP contribution in [-0.2, 0) is 22.6 Å². The Kier molecular flexibility index (Phi) is 8.36. The van der Waals surface area contributed by atoms with E-state index in [1.165, 1.54) is 19.2 Å². The molecule has 208 valence electrons. The summed E-state index contributed by atoms with van der Waals surface area (Å²) in [6.07, 6.45) is 0.205. The number of carbonyl (C=O) groups is 2. The molecule has 1 unspecified atom stereocenters. The van der Waals surface area contributed by atoms with Gasteiger partial charge in [-0.2, -0.15) is 0 Å². The van der Waals surface area contributed by atoms with Crippen molar-refractivity contribution in [1.82, 2.24) is 5.32 Å². The molecule has 1 atom stereocenters. The number of esters is 1. The Bertz CT molecular complexity index is 1680. The zero-order valence-electron chi connectivity index (χ0n) is 22.4. The average molecular weight is 572 g/mol. The third kappa shape index (κ3) is 6.58. The van der Waals surface area contributed by atoms with E-state index in [-0.39, 0.29) is 18.0 Å². The first kappa shape index (κ1) is 27.9. The SMILES string of the molecule is COC(=O)C(Cc1ccc(OCc2ccc(F)cc2)cc1)NC(=O)c1oc2cc(-c3ccc(Cl)cc3)ccc2c1C. The molecular weight excluding hydrogens is 545 g/mol. The Labute approximate surface area is 241 Å². The predicted molar refractivity (Wildman–Crippen MR) is 156 cm³/mol. The van der Waals surface area contributed by atoms with Crippen molar-refractivity contribution in [2.45, 2.75) is 26.0 Å². The van der Waals surface area contributed by atoms with Crippen LogP contribution in [0.15, 0.2) is 95.4 Å². The molecule has 0 bridgehead atoms. The monoisotopic (exact) mass is 571 g/mol. The highest BCUT2D eigenvalue weighted by molar-refractivity contribution is 6.30. The molecule has 8 heteroatoms. The standard InChI is InChI=1S/C33H27ClFNO5/c1-20-28-16-9-24(23-7-10-25(34)11-8-23)18-30(28)41-31(20)32(37)36-29(33(38)39-2)17-21-5-14-27(15-6-21)40-19-22-3-12-26(35)13-4-22/h3-16,18,29H,17,19H2,1-2H3,(H,36,37). The summed E-state index contributed by atoms with van der Waals surface area (Å²) in [5.74, 6) is -0.640. The van der Waals surface area contributed by atoms with Crippen LogP contribution >= 0.6 is 11.6 Å². The normalized spacial score (nSPS) is 11.7. The van der Waals surface area contributed by atoms with Gasteiger partial charge in [-0.25, -0.2) is 9.18 Å². The molecule has 4 aromatic carbocycles. The molecule has 0 aliphatic carbocycles. The summed E-state index contributed by atoms with van der Waals surface area (Å²) in [4.78, 5) is 25.9.